The van der Waals surface area contributed by atoms with Crippen LogP contribution in [0.15, 0.2) is 30.3 Å². The number of primary amides is 1. The van der Waals surface area contributed by atoms with Crippen molar-refractivity contribution in [2.45, 2.75) is 18.9 Å². The minimum atomic E-state index is -0.311. The molecule has 1 aliphatic heterocycles. The highest BCUT2D eigenvalue weighted by atomic mass is 16.3. The fourth-order valence-corrected chi connectivity index (χ4v) is 2.70. The molecule has 1 aromatic rings. The van der Waals surface area contributed by atoms with Gasteiger partial charge in [-0.2, -0.15) is 0 Å². The summed E-state index contributed by atoms with van der Waals surface area (Å²) in [5.41, 5.74) is 6.53. The van der Waals surface area contributed by atoms with Crippen molar-refractivity contribution in [1.82, 2.24) is 4.90 Å². The molecule has 4 heteroatoms. The van der Waals surface area contributed by atoms with E-state index in [4.69, 9.17) is 5.73 Å². The van der Waals surface area contributed by atoms with Crippen molar-refractivity contribution in [2.24, 2.45) is 11.7 Å². The molecule has 18 heavy (non-hydrogen) atoms. The topological polar surface area (TPSA) is 66.6 Å². The van der Waals surface area contributed by atoms with Crippen molar-refractivity contribution < 1.29 is 9.90 Å². The third-order valence-corrected chi connectivity index (χ3v) is 3.58. The van der Waals surface area contributed by atoms with Crippen molar-refractivity contribution in [3.8, 4) is 0 Å². The van der Waals surface area contributed by atoms with Gasteiger partial charge in [-0.25, -0.2) is 0 Å². The van der Waals surface area contributed by atoms with Crippen LogP contribution in [0.1, 0.15) is 24.4 Å². The lowest BCUT2D eigenvalue weighted by molar-refractivity contribution is -0.120. The summed E-state index contributed by atoms with van der Waals surface area (Å²) in [7, 11) is 0. The number of hydrogen-bond acceptors (Lipinski definition) is 3. The van der Waals surface area contributed by atoms with Crippen LogP contribution in [0.3, 0.4) is 0 Å². The van der Waals surface area contributed by atoms with Gasteiger partial charge in [0.2, 0.25) is 5.91 Å². The van der Waals surface area contributed by atoms with E-state index >= 15 is 0 Å². The zero-order valence-electron chi connectivity index (χ0n) is 10.5. The molecule has 0 bridgehead atoms. The quantitative estimate of drug-likeness (QED) is 0.832. The summed E-state index contributed by atoms with van der Waals surface area (Å²) >= 11 is 0. The molecule has 0 radical (unpaired) electrons. The molecule has 1 aliphatic rings. The number of aliphatic hydroxyl groups is 1. The fourth-order valence-electron chi connectivity index (χ4n) is 2.70. The van der Waals surface area contributed by atoms with Gasteiger partial charge in [0.1, 0.15) is 0 Å². The van der Waals surface area contributed by atoms with Gasteiger partial charge in [-0.3, -0.25) is 9.69 Å². The monoisotopic (exact) mass is 248 g/mol. The van der Waals surface area contributed by atoms with Crippen LogP contribution < -0.4 is 5.73 Å². The average Bonchev–Trinajstić information content (AvgIpc) is 2.39. The number of rotatable bonds is 4. The molecule has 1 fully saturated rings. The van der Waals surface area contributed by atoms with Gasteiger partial charge in [-0.15, -0.1) is 0 Å². The second-order valence-corrected chi connectivity index (χ2v) is 4.95. The standard InChI is InChI=1S/C14H20N2O2/c15-14(18)9-16-8-11(10-17)6-7-13(16)12-4-2-1-3-5-12/h1-5,11,13,17H,6-10H2,(H2,15,18)/t11-,13-/m0/s1. The Labute approximate surface area is 107 Å². The zero-order valence-corrected chi connectivity index (χ0v) is 10.5. The Balaban J connectivity index is 2.14. The molecule has 0 saturated carbocycles. The Morgan fingerprint density at radius 1 is 1.33 bits per heavy atom. The van der Waals surface area contributed by atoms with Crippen LogP contribution >= 0.6 is 0 Å². The van der Waals surface area contributed by atoms with Crippen molar-refractivity contribution in [1.29, 1.82) is 0 Å². The first kappa shape index (κ1) is 13.1. The third-order valence-electron chi connectivity index (χ3n) is 3.58. The van der Waals surface area contributed by atoms with Gasteiger partial charge in [-0.1, -0.05) is 30.3 Å². The van der Waals surface area contributed by atoms with Crippen LogP contribution in [0, 0.1) is 5.92 Å². The molecule has 0 spiro atoms. The third kappa shape index (κ3) is 3.09. The van der Waals surface area contributed by atoms with E-state index in [1.807, 2.05) is 18.2 Å². The Morgan fingerprint density at radius 3 is 2.67 bits per heavy atom. The molecule has 1 aromatic carbocycles. The Kier molecular flexibility index (Phi) is 4.33. The van der Waals surface area contributed by atoms with E-state index < -0.39 is 0 Å². The largest absolute Gasteiger partial charge is 0.396 e. The molecule has 2 atom stereocenters. The molecule has 4 nitrogen and oxygen atoms in total. The van der Waals surface area contributed by atoms with Crippen LogP contribution in [-0.4, -0.2) is 35.6 Å². The van der Waals surface area contributed by atoms with Crippen molar-refractivity contribution in [3.05, 3.63) is 35.9 Å². The van der Waals surface area contributed by atoms with Crippen molar-refractivity contribution >= 4 is 5.91 Å². The number of aliphatic hydroxyl groups excluding tert-OH is 1. The first-order chi connectivity index (χ1) is 8.70. The van der Waals surface area contributed by atoms with E-state index in [0.29, 0.717) is 0 Å². The molecule has 98 valence electrons. The number of likely N-dealkylation sites (tertiary alicyclic amines) is 1. The number of nitrogens with zero attached hydrogens (tertiary/aromatic N) is 1. The lowest BCUT2D eigenvalue weighted by Crippen LogP contribution is -2.43. The number of amides is 1. The first-order valence-corrected chi connectivity index (χ1v) is 6.39. The number of hydrogen-bond donors (Lipinski definition) is 2. The molecule has 1 heterocycles. The molecule has 0 aromatic heterocycles. The highest BCUT2D eigenvalue weighted by Crippen LogP contribution is 2.32. The maximum atomic E-state index is 11.2. The van der Waals surface area contributed by atoms with E-state index in [-0.39, 0.29) is 31.0 Å². The fraction of sp³-hybridized carbons (Fsp3) is 0.500. The van der Waals surface area contributed by atoms with Crippen LogP contribution in [0.25, 0.3) is 0 Å². The maximum absolute atomic E-state index is 11.2. The van der Waals surface area contributed by atoms with Gasteiger partial charge in [0.05, 0.1) is 6.54 Å². The van der Waals surface area contributed by atoms with E-state index in [0.717, 1.165) is 19.4 Å². The van der Waals surface area contributed by atoms with Gasteiger partial charge in [0, 0.05) is 19.2 Å². The Morgan fingerprint density at radius 2 is 2.06 bits per heavy atom. The van der Waals surface area contributed by atoms with Crippen LogP contribution in [0.5, 0.6) is 0 Å². The SMILES string of the molecule is NC(=O)CN1C[C@@H](CO)CC[C@H]1c1ccccc1. The average molecular weight is 248 g/mol. The molecule has 0 unspecified atom stereocenters. The minimum absolute atomic E-state index is 0.177. The summed E-state index contributed by atoms with van der Waals surface area (Å²) in [6, 6.07) is 10.4. The van der Waals surface area contributed by atoms with Gasteiger partial charge < -0.3 is 10.8 Å². The summed E-state index contributed by atoms with van der Waals surface area (Å²) < 4.78 is 0. The smallest absolute Gasteiger partial charge is 0.231 e. The van der Waals surface area contributed by atoms with Gasteiger partial charge in [0.15, 0.2) is 0 Å². The molecule has 1 amide bonds. The van der Waals surface area contributed by atoms with E-state index in [1.165, 1.54) is 5.56 Å². The molecular formula is C14H20N2O2. The maximum Gasteiger partial charge on any atom is 0.231 e. The van der Waals surface area contributed by atoms with Crippen molar-refractivity contribution in [2.75, 3.05) is 19.7 Å². The van der Waals surface area contributed by atoms with Gasteiger partial charge >= 0.3 is 0 Å². The molecular weight excluding hydrogens is 228 g/mol. The Bertz CT molecular complexity index is 394. The van der Waals surface area contributed by atoms with Gasteiger partial charge in [-0.05, 0) is 24.3 Å². The van der Waals surface area contributed by atoms with Crippen LogP contribution in [-0.2, 0) is 4.79 Å². The summed E-state index contributed by atoms with van der Waals surface area (Å²) in [5.74, 6) is -0.0566. The van der Waals surface area contributed by atoms with E-state index in [9.17, 15) is 9.90 Å². The molecule has 0 aliphatic carbocycles. The normalized spacial score (nSPS) is 24.9. The van der Waals surface area contributed by atoms with Crippen LogP contribution in [0.4, 0.5) is 0 Å². The first-order valence-electron chi connectivity index (χ1n) is 6.39. The lowest BCUT2D eigenvalue weighted by Gasteiger charge is -2.38. The summed E-state index contributed by atoms with van der Waals surface area (Å²) in [4.78, 5) is 13.2. The molecule has 3 N–H and O–H groups in total. The number of carbonyl (C=O) groups is 1. The highest BCUT2D eigenvalue weighted by Gasteiger charge is 2.29. The number of nitrogens with two attached hydrogens (primary N) is 1. The summed E-state index contributed by atoms with van der Waals surface area (Å²) in [5, 5.41) is 9.26. The second-order valence-electron chi connectivity index (χ2n) is 4.95. The second kappa shape index (κ2) is 5.98. The van der Waals surface area contributed by atoms with E-state index in [2.05, 4.69) is 17.0 Å². The predicted molar refractivity (Wildman–Crippen MR) is 69.8 cm³/mol. The number of benzene rings is 1. The predicted octanol–water partition coefficient (Wildman–Crippen LogP) is 0.917. The zero-order chi connectivity index (χ0) is 13.0. The lowest BCUT2D eigenvalue weighted by atomic mass is 9.89. The summed E-state index contributed by atoms with van der Waals surface area (Å²) in [6.07, 6.45) is 1.95. The number of piperidine rings is 1. The highest BCUT2D eigenvalue weighted by molar-refractivity contribution is 5.76. The number of carbonyl (C=O) groups excluding carboxylic acids is 1. The summed E-state index contributed by atoms with van der Waals surface area (Å²) in [6.45, 7) is 1.17. The van der Waals surface area contributed by atoms with Crippen LogP contribution in [0.2, 0.25) is 0 Å². The Hall–Kier alpha value is -1.39. The minimum Gasteiger partial charge on any atom is -0.396 e. The van der Waals surface area contributed by atoms with Gasteiger partial charge in [0.25, 0.3) is 0 Å². The molecule has 1 saturated heterocycles. The van der Waals surface area contributed by atoms with Crippen molar-refractivity contribution in [3.63, 3.8) is 0 Å². The van der Waals surface area contributed by atoms with E-state index in [1.54, 1.807) is 0 Å². The molecule has 2 rings (SSSR count).